The van der Waals surface area contributed by atoms with Gasteiger partial charge >= 0.3 is 0 Å². The largest absolute Gasteiger partial charge is 0.388 e. The van der Waals surface area contributed by atoms with E-state index in [0.717, 1.165) is 31.2 Å². The fourth-order valence-electron chi connectivity index (χ4n) is 3.13. The monoisotopic (exact) mass is 336 g/mol. The Hall–Kier alpha value is -0.940. The number of aliphatic hydroxyl groups excluding tert-OH is 1. The van der Waals surface area contributed by atoms with E-state index in [0.29, 0.717) is 13.2 Å². The minimum absolute atomic E-state index is 0.00586. The molecule has 0 radical (unpaired) electrons. The predicted molar refractivity (Wildman–Crippen MR) is 94.6 cm³/mol. The van der Waals surface area contributed by atoms with Crippen LogP contribution in [-0.4, -0.2) is 36.3 Å². The summed E-state index contributed by atoms with van der Waals surface area (Å²) in [6.07, 6.45) is 2.46. The Morgan fingerprint density at radius 1 is 1.08 bits per heavy atom. The summed E-state index contributed by atoms with van der Waals surface area (Å²) in [5, 5.41) is 10.7. The van der Waals surface area contributed by atoms with Crippen molar-refractivity contribution in [3.8, 4) is 0 Å². The van der Waals surface area contributed by atoms with Crippen LogP contribution in [0.1, 0.15) is 52.0 Å². The molecule has 1 heterocycles. The number of aliphatic hydroxyl groups is 1. The molecule has 1 fully saturated rings. The highest BCUT2D eigenvalue weighted by atomic mass is 16.7. The van der Waals surface area contributed by atoms with Gasteiger partial charge in [0.1, 0.15) is 6.10 Å². The molecule has 136 valence electrons. The second kappa shape index (κ2) is 10.1. The van der Waals surface area contributed by atoms with Crippen molar-refractivity contribution in [2.24, 2.45) is 5.92 Å². The molecule has 24 heavy (non-hydrogen) atoms. The van der Waals surface area contributed by atoms with Crippen LogP contribution in [0.3, 0.4) is 0 Å². The Bertz CT molecular complexity index is 450. The second-order valence-electron chi connectivity index (χ2n) is 6.67. The number of ether oxygens (including phenoxy) is 3. The minimum atomic E-state index is -0.616. The number of unbranched alkanes of at least 4 members (excludes halogenated alkanes) is 1. The molecule has 0 bridgehead atoms. The van der Waals surface area contributed by atoms with Gasteiger partial charge in [0.15, 0.2) is 6.29 Å². The molecule has 4 nitrogen and oxygen atoms in total. The van der Waals surface area contributed by atoms with E-state index in [1.807, 2.05) is 37.3 Å². The smallest absolute Gasteiger partial charge is 0.163 e. The summed E-state index contributed by atoms with van der Waals surface area (Å²) >= 11 is 0. The fourth-order valence-corrected chi connectivity index (χ4v) is 3.13. The first-order valence-corrected chi connectivity index (χ1v) is 9.28. The van der Waals surface area contributed by atoms with Crippen LogP contribution in [0, 0.1) is 5.92 Å². The molecule has 5 atom stereocenters. The van der Waals surface area contributed by atoms with Crippen LogP contribution in [-0.2, 0) is 20.8 Å². The second-order valence-corrected chi connectivity index (χ2v) is 6.67. The zero-order valence-electron chi connectivity index (χ0n) is 15.2. The minimum Gasteiger partial charge on any atom is -0.388 e. The molecular weight excluding hydrogens is 304 g/mol. The van der Waals surface area contributed by atoms with E-state index in [1.165, 1.54) is 0 Å². The molecule has 2 rings (SSSR count). The lowest BCUT2D eigenvalue weighted by Gasteiger charge is -2.43. The average molecular weight is 336 g/mol. The quantitative estimate of drug-likeness (QED) is 0.695. The summed E-state index contributed by atoms with van der Waals surface area (Å²) in [5.41, 5.74) is 1.11. The van der Waals surface area contributed by atoms with Gasteiger partial charge in [0, 0.05) is 12.5 Å². The van der Waals surface area contributed by atoms with Crippen molar-refractivity contribution in [3.05, 3.63) is 35.9 Å². The highest BCUT2D eigenvalue weighted by molar-refractivity contribution is 5.13. The van der Waals surface area contributed by atoms with E-state index < -0.39 is 6.10 Å². The zero-order valence-corrected chi connectivity index (χ0v) is 15.2. The number of hydrogen-bond donors (Lipinski definition) is 1. The van der Waals surface area contributed by atoms with Crippen LogP contribution >= 0.6 is 0 Å². The number of hydrogen-bond acceptors (Lipinski definition) is 4. The Kier molecular flexibility index (Phi) is 8.19. The maximum absolute atomic E-state index is 10.7. The molecule has 0 amide bonds. The Morgan fingerprint density at radius 2 is 1.83 bits per heavy atom. The van der Waals surface area contributed by atoms with Gasteiger partial charge in [-0.3, -0.25) is 0 Å². The molecule has 0 aromatic heterocycles. The van der Waals surface area contributed by atoms with Crippen LogP contribution < -0.4 is 0 Å². The SMILES string of the molecule is CCCCOC1OC(CCC)C(O)C(OCc2ccccc2)C1C. The van der Waals surface area contributed by atoms with Gasteiger partial charge < -0.3 is 19.3 Å². The molecule has 1 aromatic rings. The van der Waals surface area contributed by atoms with Crippen molar-refractivity contribution in [1.29, 1.82) is 0 Å². The average Bonchev–Trinajstić information content (AvgIpc) is 2.60. The maximum atomic E-state index is 10.7. The lowest BCUT2D eigenvalue weighted by molar-refractivity contribution is -0.287. The molecule has 0 saturated carbocycles. The predicted octanol–water partition coefficient (Wildman–Crippen LogP) is 3.91. The molecule has 4 heteroatoms. The number of rotatable bonds is 9. The first kappa shape index (κ1) is 19.4. The normalized spacial score (nSPS) is 30.4. The highest BCUT2D eigenvalue weighted by Crippen LogP contribution is 2.31. The standard InChI is InChI=1S/C20H32O4/c1-4-6-13-22-20-15(3)19(18(21)17(24-20)10-5-2)23-14-16-11-8-7-9-12-16/h7-9,11-12,15,17-21H,4-6,10,13-14H2,1-3H3. The maximum Gasteiger partial charge on any atom is 0.163 e. The molecule has 1 N–H and O–H groups in total. The van der Waals surface area contributed by atoms with Gasteiger partial charge in [-0.1, -0.05) is 63.9 Å². The van der Waals surface area contributed by atoms with Crippen molar-refractivity contribution in [3.63, 3.8) is 0 Å². The van der Waals surface area contributed by atoms with Gasteiger partial charge in [-0.05, 0) is 18.4 Å². The summed E-state index contributed by atoms with van der Waals surface area (Å²) < 4.78 is 18.1. The van der Waals surface area contributed by atoms with Gasteiger partial charge in [0.2, 0.25) is 0 Å². The third-order valence-electron chi connectivity index (χ3n) is 4.61. The van der Waals surface area contributed by atoms with Crippen LogP contribution in [0.2, 0.25) is 0 Å². The summed E-state index contributed by atoms with van der Waals surface area (Å²) in [7, 11) is 0. The lowest BCUT2D eigenvalue weighted by Crippen LogP contribution is -2.55. The van der Waals surface area contributed by atoms with Crippen LogP contribution in [0.15, 0.2) is 30.3 Å². The van der Waals surface area contributed by atoms with Crippen molar-refractivity contribution < 1.29 is 19.3 Å². The zero-order chi connectivity index (χ0) is 17.4. The van der Waals surface area contributed by atoms with Crippen LogP contribution in [0.5, 0.6) is 0 Å². The van der Waals surface area contributed by atoms with E-state index in [2.05, 4.69) is 13.8 Å². The first-order chi connectivity index (χ1) is 11.7. The van der Waals surface area contributed by atoms with E-state index in [4.69, 9.17) is 14.2 Å². The number of benzene rings is 1. The van der Waals surface area contributed by atoms with Crippen molar-refractivity contribution in [2.75, 3.05) is 6.61 Å². The first-order valence-electron chi connectivity index (χ1n) is 9.28. The molecule has 1 aromatic carbocycles. The molecule has 0 aliphatic carbocycles. The summed E-state index contributed by atoms with van der Waals surface area (Å²) in [6.45, 7) is 7.46. The van der Waals surface area contributed by atoms with E-state index in [9.17, 15) is 5.11 Å². The van der Waals surface area contributed by atoms with E-state index >= 15 is 0 Å². The molecule has 1 aliphatic heterocycles. The summed E-state index contributed by atoms with van der Waals surface area (Å²) in [4.78, 5) is 0. The topological polar surface area (TPSA) is 47.9 Å². The Balaban J connectivity index is 2.00. The van der Waals surface area contributed by atoms with Gasteiger partial charge in [-0.25, -0.2) is 0 Å². The molecule has 0 spiro atoms. The molecule has 1 aliphatic rings. The van der Waals surface area contributed by atoms with Gasteiger partial charge in [-0.15, -0.1) is 0 Å². The van der Waals surface area contributed by atoms with E-state index in [-0.39, 0.29) is 24.4 Å². The van der Waals surface area contributed by atoms with E-state index in [1.54, 1.807) is 0 Å². The Labute approximate surface area is 146 Å². The molecule has 5 unspecified atom stereocenters. The lowest BCUT2D eigenvalue weighted by atomic mass is 9.90. The van der Waals surface area contributed by atoms with Gasteiger partial charge in [0.05, 0.1) is 18.8 Å². The molecular formula is C20H32O4. The van der Waals surface area contributed by atoms with Gasteiger partial charge in [0.25, 0.3) is 0 Å². The fraction of sp³-hybridized carbons (Fsp3) is 0.700. The highest BCUT2D eigenvalue weighted by Gasteiger charge is 2.43. The third kappa shape index (κ3) is 5.28. The van der Waals surface area contributed by atoms with Crippen LogP contribution in [0.4, 0.5) is 0 Å². The van der Waals surface area contributed by atoms with Crippen molar-refractivity contribution >= 4 is 0 Å². The van der Waals surface area contributed by atoms with Crippen molar-refractivity contribution in [1.82, 2.24) is 0 Å². The molecule has 1 saturated heterocycles. The third-order valence-corrected chi connectivity index (χ3v) is 4.61. The Morgan fingerprint density at radius 3 is 2.50 bits per heavy atom. The summed E-state index contributed by atoms with van der Waals surface area (Å²) in [5.74, 6) is -0.00586. The summed E-state index contributed by atoms with van der Waals surface area (Å²) in [6, 6.07) is 10.1. The van der Waals surface area contributed by atoms with Crippen LogP contribution in [0.25, 0.3) is 0 Å². The van der Waals surface area contributed by atoms with Crippen molar-refractivity contribution in [2.45, 2.75) is 77.7 Å². The van der Waals surface area contributed by atoms with Gasteiger partial charge in [-0.2, -0.15) is 0 Å².